The van der Waals surface area contributed by atoms with Crippen LogP contribution in [0.1, 0.15) is 30.1 Å². The number of hydrogen-bond acceptors (Lipinski definition) is 4. The van der Waals surface area contributed by atoms with E-state index < -0.39 is 0 Å². The van der Waals surface area contributed by atoms with E-state index in [1.54, 1.807) is 0 Å². The van der Waals surface area contributed by atoms with Gasteiger partial charge in [-0.05, 0) is 31.7 Å². The minimum absolute atomic E-state index is 0.00131. The van der Waals surface area contributed by atoms with Crippen molar-refractivity contribution in [1.29, 1.82) is 0 Å². The highest BCUT2D eigenvalue weighted by atomic mass is 16.2. The van der Waals surface area contributed by atoms with Crippen LogP contribution in [-0.2, 0) is 22.4 Å². The van der Waals surface area contributed by atoms with E-state index in [2.05, 4.69) is 27.3 Å². The highest BCUT2D eigenvalue weighted by molar-refractivity contribution is 5.87. The molecule has 2 amide bonds. The molecule has 1 aromatic carbocycles. The summed E-state index contributed by atoms with van der Waals surface area (Å²) in [6.07, 6.45) is 2.65. The Hall–Kier alpha value is -2.70. The van der Waals surface area contributed by atoms with Crippen molar-refractivity contribution >= 4 is 11.8 Å². The van der Waals surface area contributed by atoms with Crippen molar-refractivity contribution in [1.82, 2.24) is 25.0 Å². The lowest BCUT2D eigenvalue weighted by Gasteiger charge is -2.23. The predicted molar refractivity (Wildman–Crippen MR) is 99.8 cm³/mol. The van der Waals surface area contributed by atoms with Crippen LogP contribution in [0.15, 0.2) is 30.3 Å². The third-order valence-corrected chi connectivity index (χ3v) is 5.77. The number of carbonyl (C=O) groups excluding carboxylic acids is 2. The number of aromatic amines is 1. The summed E-state index contributed by atoms with van der Waals surface area (Å²) in [6, 6.07) is 10.2. The average Bonchev–Trinajstić information content (AvgIpc) is 3.36. The molecule has 7 nitrogen and oxygen atoms in total. The molecule has 3 heterocycles. The molecule has 1 spiro atoms. The van der Waals surface area contributed by atoms with E-state index in [4.69, 9.17) is 0 Å². The summed E-state index contributed by atoms with van der Waals surface area (Å²) in [5.41, 5.74) is 0.859. The van der Waals surface area contributed by atoms with Crippen molar-refractivity contribution < 1.29 is 9.59 Å². The topological polar surface area (TPSA) is 82.2 Å². The Morgan fingerprint density at radius 3 is 2.74 bits per heavy atom. The van der Waals surface area contributed by atoms with Crippen LogP contribution in [0.3, 0.4) is 0 Å². The first-order valence-electron chi connectivity index (χ1n) is 9.55. The largest absolute Gasteiger partial charge is 0.342 e. The fraction of sp³-hybridized carbons (Fsp3) is 0.500. The minimum atomic E-state index is -0.388. The van der Waals surface area contributed by atoms with Gasteiger partial charge in [0.05, 0.1) is 11.8 Å². The van der Waals surface area contributed by atoms with Gasteiger partial charge in [-0.15, -0.1) is 0 Å². The molecule has 27 heavy (non-hydrogen) atoms. The number of likely N-dealkylation sites (tertiary alicyclic amines) is 2. The van der Waals surface area contributed by atoms with Gasteiger partial charge in [-0.3, -0.25) is 14.7 Å². The molecule has 0 radical (unpaired) electrons. The van der Waals surface area contributed by atoms with E-state index in [9.17, 15) is 9.59 Å². The number of nitrogens with zero attached hydrogens (tertiary/aromatic N) is 4. The first kappa shape index (κ1) is 17.7. The summed E-state index contributed by atoms with van der Waals surface area (Å²) in [5.74, 6) is 1.43. The van der Waals surface area contributed by atoms with E-state index in [1.807, 2.05) is 34.9 Å². The summed E-state index contributed by atoms with van der Waals surface area (Å²) in [6.45, 7) is 4.51. The van der Waals surface area contributed by atoms with Crippen LogP contribution in [0, 0.1) is 12.3 Å². The van der Waals surface area contributed by atoms with E-state index in [0.717, 1.165) is 32.4 Å². The highest BCUT2D eigenvalue weighted by Crippen LogP contribution is 2.40. The molecule has 2 aliphatic heterocycles. The standard InChI is InChI=1S/C20H25N5O2/c1-15-21-17(23-22-15)13-18(26)25-12-9-20(14-25)8-11-24(19(20)27)10-7-16-5-3-2-4-6-16/h2-6H,7-14H2,1H3,(H,21,22,23). The van der Waals surface area contributed by atoms with Crippen LogP contribution >= 0.6 is 0 Å². The minimum Gasteiger partial charge on any atom is -0.342 e. The van der Waals surface area contributed by atoms with Crippen LogP contribution < -0.4 is 0 Å². The quantitative estimate of drug-likeness (QED) is 0.865. The van der Waals surface area contributed by atoms with Crippen LogP contribution in [0.5, 0.6) is 0 Å². The zero-order valence-corrected chi connectivity index (χ0v) is 15.6. The number of hydrogen-bond donors (Lipinski definition) is 1. The Kier molecular flexibility index (Phi) is 4.68. The third-order valence-electron chi connectivity index (χ3n) is 5.77. The molecule has 2 aromatic rings. The van der Waals surface area contributed by atoms with Crippen molar-refractivity contribution in [2.75, 3.05) is 26.2 Å². The number of aryl methyl sites for hydroxylation is 1. The highest BCUT2D eigenvalue weighted by Gasteiger charge is 2.51. The van der Waals surface area contributed by atoms with Crippen LogP contribution in [-0.4, -0.2) is 63.0 Å². The number of carbonyl (C=O) groups is 2. The van der Waals surface area contributed by atoms with Crippen molar-refractivity contribution in [2.45, 2.75) is 32.6 Å². The second kappa shape index (κ2) is 7.13. The van der Waals surface area contributed by atoms with Crippen LogP contribution in [0.4, 0.5) is 0 Å². The average molecular weight is 367 g/mol. The molecule has 0 aliphatic carbocycles. The molecule has 7 heteroatoms. The lowest BCUT2D eigenvalue weighted by atomic mass is 9.85. The van der Waals surface area contributed by atoms with E-state index in [-0.39, 0.29) is 23.7 Å². The monoisotopic (exact) mass is 367 g/mol. The Bertz CT molecular complexity index is 834. The molecule has 1 aromatic heterocycles. The fourth-order valence-electron chi connectivity index (χ4n) is 4.19. The van der Waals surface area contributed by atoms with E-state index in [0.29, 0.717) is 24.7 Å². The van der Waals surface area contributed by atoms with Gasteiger partial charge < -0.3 is 9.80 Å². The Labute approximate surface area is 158 Å². The molecule has 0 bridgehead atoms. The Morgan fingerprint density at radius 2 is 2.00 bits per heavy atom. The number of H-pyrrole nitrogens is 1. The molecule has 142 valence electrons. The van der Waals surface area contributed by atoms with Crippen LogP contribution in [0.25, 0.3) is 0 Å². The van der Waals surface area contributed by atoms with Crippen LogP contribution in [0.2, 0.25) is 0 Å². The summed E-state index contributed by atoms with van der Waals surface area (Å²) < 4.78 is 0. The lowest BCUT2D eigenvalue weighted by Crippen LogP contribution is -2.39. The number of aromatic nitrogens is 3. The van der Waals surface area contributed by atoms with Crippen molar-refractivity contribution in [2.24, 2.45) is 5.41 Å². The number of amides is 2. The molecule has 1 N–H and O–H groups in total. The summed E-state index contributed by atoms with van der Waals surface area (Å²) >= 11 is 0. The number of rotatable bonds is 5. The van der Waals surface area contributed by atoms with Gasteiger partial charge in [0.15, 0.2) is 5.82 Å². The van der Waals surface area contributed by atoms with Crippen molar-refractivity contribution in [3.8, 4) is 0 Å². The second-order valence-corrected chi connectivity index (χ2v) is 7.64. The summed E-state index contributed by atoms with van der Waals surface area (Å²) in [7, 11) is 0. The lowest BCUT2D eigenvalue weighted by molar-refractivity contribution is -0.136. The van der Waals surface area contributed by atoms with Gasteiger partial charge in [0, 0.05) is 26.2 Å². The Balaban J connectivity index is 1.34. The number of nitrogens with one attached hydrogen (secondary N) is 1. The normalized spacial score (nSPS) is 22.2. The molecule has 2 saturated heterocycles. The first-order valence-corrected chi connectivity index (χ1v) is 9.55. The molecule has 1 unspecified atom stereocenters. The number of benzene rings is 1. The van der Waals surface area contributed by atoms with Gasteiger partial charge in [0.25, 0.3) is 0 Å². The molecular weight excluding hydrogens is 342 g/mol. The van der Waals surface area contributed by atoms with E-state index >= 15 is 0 Å². The van der Waals surface area contributed by atoms with Gasteiger partial charge in [0.2, 0.25) is 11.8 Å². The van der Waals surface area contributed by atoms with E-state index in [1.165, 1.54) is 5.56 Å². The molecular formula is C20H25N5O2. The van der Waals surface area contributed by atoms with Gasteiger partial charge in [-0.1, -0.05) is 30.3 Å². The molecule has 2 fully saturated rings. The van der Waals surface area contributed by atoms with Gasteiger partial charge in [0.1, 0.15) is 5.82 Å². The first-order chi connectivity index (χ1) is 13.1. The zero-order valence-electron chi connectivity index (χ0n) is 15.6. The summed E-state index contributed by atoms with van der Waals surface area (Å²) in [5, 5.41) is 6.80. The van der Waals surface area contributed by atoms with Gasteiger partial charge >= 0.3 is 0 Å². The zero-order chi connectivity index (χ0) is 18.9. The van der Waals surface area contributed by atoms with Crippen molar-refractivity contribution in [3.63, 3.8) is 0 Å². The maximum Gasteiger partial charge on any atom is 0.230 e. The second-order valence-electron chi connectivity index (χ2n) is 7.64. The predicted octanol–water partition coefficient (Wildman–Crippen LogP) is 1.35. The smallest absolute Gasteiger partial charge is 0.230 e. The maximum absolute atomic E-state index is 13.0. The SMILES string of the molecule is Cc1nc(CC(=O)N2CCC3(CCN(CCc4ccccc4)C3=O)C2)n[nH]1. The molecule has 2 aliphatic rings. The molecule has 4 rings (SSSR count). The maximum atomic E-state index is 13.0. The summed E-state index contributed by atoms with van der Waals surface area (Å²) in [4.78, 5) is 33.6. The fourth-order valence-corrected chi connectivity index (χ4v) is 4.19. The van der Waals surface area contributed by atoms with Gasteiger partial charge in [-0.2, -0.15) is 5.10 Å². The van der Waals surface area contributed by atoms with Gasteiger partial charge in [-0.25, -0.2) is 4.98 Å². The third kappa shape index (κ3) is 3.59. The van der Waals surface area contributed by atoms with Crippen molar-refractivity contribution in [3.05, 3.63) is 47.5 Å². The molecule has 0 saturated carbocycles. The molecule has 1 atom stereocenters. The Morgan fingerprint density at radius 1 is 1.22 bits per heavy atom.